The van der Waals surface area contributed by atoms with Crippen LogP contribution in [0.3, 0.4) is 0 Å². The number of carbonyl (C=O) groups excluding carboxylic acids is 1. The molecule has 1 unspecified atom stereocenters. The number of amides is 1. The number of hydrogen-bond acceptors (Lipinski definition) is 3. The van der Waals surface area contributed by atoms with Crippen LogP contribution in [-0.4, -0.2) is 35.5 Å². The van der Waals surface area contributed by atoms with Gasteiger partial charge < -0.3 is 15.0 Å². The van der Waals surface area contributed by atoms with E-state index < -0.39 is 0 Å². The Hall–Kier alpha value is -1.39. The van der Waals surface area contributed by atoms with Crippen LogP contribution in [0, 0.1) is 0 Å². The Bertz CT molecular complexity index is 483. The first-order valence-corrected chi connectivity index (χ1v) is 7.88. The molecule has 1 aliphatic heterocycles. The Morgan fingerprint density at radius 3 is 2.18 bits per heavy atom. The summed E-state index contributed by atoms with van der Waals surface area (Å²) in [5.74, 6) is 0. The summed E-state index contributed by atoms with van der Waals surface area (Å²) >= 11 is 0. The molecule has 0 bridgehead atoms. The van der Waals surface area contributed by atoms with Gasteiger partial charge in [-0.3, -0.25) is 4.79 Å². The van der Waals surface area contributed by atoms with E-state index in [9.17, 15) is 4.79 Å². The normalized spacial score (nSPS) is 22.0. The molecule has 4 heteroatoms. The van der Waals surface area contributed by atoms with Crippen molar-refractivity contribution in [2.45, 2.75) is 63.9 Å². The van der Waals surface area contributed by atoms with Crippen LogP contribution < -0.4 is 5.32 Å². The number of rotatable bonds is 5. The van der Waals surface area contributed by atoms with Gasteiger partial charge in [0.25, 0.3) is 0 Å². The van der Waals surface area contributed by atoms with Crippen LogP contribution in [0.1, 0.15) is 52.3 Å². The van der Waals surface area contributed by atoms with Crippen LogP contribution in [0.2, 0.25) is 0 Å². The second kappa shape index (κ2) is 6.39. The third-order valence-electron chi connectivity index (χ3n) is 4.29. The summed E-state index contributed by atoms with van der Waals surface area (Å²) in [6.45, 7) is 8.75. The lowest BCUT2D eigenvalue weighted by Crippen LogP contribution is -2.62. The Morgan fingerprint density at radius 2 is 1.73 bits per heavy atom. The molecule has 1 atom stereocenters. The van der Waals surface area contributed by atoms with Gasteiger partial charge in [-0.25, -0.2) is 0 Å². The maximum atomic E-state index is 11.8. The van der Waals surface area contributed by atoms with Gasteiger partial charge in [-0.15, -0.1) is 0 Å². The highest BCUT2D eigenvalue weighted by atomic mass is 16.5. The predicted molar refractivity (Wildman–Crippen MR) is 88.4 cm³/mol. The lowest BCUT2D eigenvalue weighted by Gasteiger charge is -2.50. The molecule has 1 saturated heterocycles. The molecule has 122 valence electrons. The SMILES string of the molecule is COC(c1ccccc1)N(C=O)C1CC(C)(C)NC(C)(C)C1. The minimum absolute atomic E-state index is 0.0113. The summed E-state index contributed by atoms with van der Waals surface area (Å²) in [5, 5.41) is 3.65. The Kier molecular flexibility index (Phi) is 4.93. The molecule has 1 fully saturated rings. The first-order chi connectivity index (χ1) is 10.3. The first kappa shape index (κ1) is 17.0. The second-order valence-corrected chi connectivity index (χ2v) is 7.51. The van der Waals surface area contributed by atoms with E-state index in [-0.39, 0.29) is 23.3 Å². The topological polar surface area (TPSA) is 41.6 Å². The molecular weight excluding hydrogens is 276 g/mol. The van der Waals surface area contributed by atoms with Crippen molar-refractivity contribution in [3.63, 3.8) is 0 Å². The minimum atomic E-state index is -0.339. The molecule has 1 aromatic rings. The van der Waals surface area contributed by atoms with E-state index in [4.69, 9.17) is 4.74 Å². The summed E-state index contributed by atoms with van der Waals surface area (Å²) in [6, 6.07) is 10.1. The van der Waals surface area contributed by atoms with Crippen LogP contribution in [0.25, 0.3) is 0 Å². The molecule has 1 aromatic carbocycles. The molecule has 0 spiro atoms. The van der Waals surface area contributed by atoms with E-state index in [1.807, 2.05) is 35.2 Å². The van der Waals surface area contributed by atoms with Crippen molar-refractivity contribution in [1.82, 2.24) is 10.2 Å². The average Bonchev–Trinajstić information content (AvgIpc) is 2.42. The number of hydrogen-bond donors (Lipinski definition) is 1. The Morgan fingerprint density at radius 1 is 1.18 bits per heavy atom. The maximum Gasteiger partial charge on any atom is 0.212 e. The van der Waals surface area contributed by atoms with Crippen molar-refractivity contribution in [2.24, 2.45) is 0 Å². The third-order valence-corrected chi connectivity index (χ3v) is 4.29. The Labute approximate surface area is 133 Å². The van der Waals surface area contributed by atoms with Gasteiger partial charge in [-0.05, 0) is 40.5 Å². The summed E-state index contributed by atoms with van der Waals surface area (Å²) in [5.41, 5.74) is 0.983. The minimum Gasteiger partial charge on any atom is -0.357 e. The molecule has 0 aliphatic carbocycles. The van der Waals surface area contributed by atoms with Crippen LogP contribution in [0.4, 0.5) is 0 Å². The van der Waals surface area contributed by atoms with Crippen molar-refractivity contribution < 1.29 is 9.53 Å². The fraction of sp³-hybridized carbons (Fsp3) is 0.611. The van der Waals surface area contributed by atoms with Crippen molar-refractivity contribution in [2.75, 3.05) is 7.11 Å². The van der Waals surface area contributed by atoms with E-state index in [1.165, 1.54) is 0 Å². The zero-order chi connectivity index (χ0) is 16.4. The zero-order valence-corrected chi connectivity index (χ0v) is 14.3. The van der Waals surface area contributed by atoms with E-state index in [2.05, 4.69) is 33.0 Å². The van der Waals surface area contributed by atoms with E-state index >= 15 is 0 Å². The molecule has 22 heavy (non-hydrogen) atoms. The van der Waals surface area contributed by atoms with Gasteiger partial charge in [0.15, 0.2) is 6.23 Å². The van der Waals surface area contributed by atoms with Crippen LogP contribution >= 0.6 is 0 Å². The van der Waals surface area contributed by atoms with Gasteiger partial charge in [-0.1, -0.05) is 30.3 Å². The van der Waals surface area contributed by atoms with E-state index in [1.54, 1.807) is 7.11 Å². The lowest BCUT2D eigenvalue weighted by atomic mass is 9.79. The fourth-order valence-electron chi connectivity index (χ4n) is 3.86. The maximum absolute atomic E-state index is 11.8. The molecule has 0 aromatic heterocycles. The molecule has 1 N–H and O–H groups in total. The third kappa shape index (κ3) is 3.87. The van der Waals surface area contributed by atoms with Gasteiger partial charge >= 0.3 is 0 Å². The number of carbonyl (C=O) groups is 1. The molecule has 1 heterocycles. The number of methoxy groups -OCH3 is 1. The molecule has 0 saturated carbocycles. The standard InChI is InChI=1S/C18H28N2O2/c1-17(2)11-15(12-18(3,4)19-17)20(13-21)16(22-5)14-9-7-6-8-10-14/h6-10,13,15-16,19H,11-12H2,1-5H3. The number of nitrogens with zero attached hydrogens (tertiary/aromatic N) is 1. The molecule has 1 amide bonds. The van der Waals surface area contributed by atoms with E-state index in [0.29, 0.717) is 0 Å². The monoisotopic (exact) mass is 304 g/mol. The van der Waals surface area contributed by atoms with Gasteiger partial charge in [0, 0.05) is 29.8 Å². The molecule has 0 radical (unpaired) electrons. The molecular formula is C18H28N2O2. The summed E-state index contributed by atoms with van der Waals surface area (Å²) in [4.78, 5) is 13.7. The van der Waals surface area contributed by atoms with Crippen molar-refractivity contribution in [3.8, 4) is 0 Å². The second-order valence-electron chi connectivity index (χ2n) is 7.51. The largest absolute Gasteiger partial charge is 0.357 e. The highest BCUT2D eigenvalue weighted by molar-refractivity contribution is 5.49. The van der Waals surface area contributed by atoms with Crippen molar-refractivity contribution in [3.05, 3.63) is 35.9 Å². The van der Waals surface area contributed by atoms with Crippen molar-refractivity contribution in [1.29, 1.82) is 0 Å². The van der Waals surface area contributed by atoms with Crippen LogP contribution in [0.5, 0.6) is 0 Å². The van der Waals surface area contributed by atoms with Gasteiger partial charge in [0.05, 0.1) is 0 Å². The van der Waals surface area contributed by atoms with Crippen molar-refractivity contribution >= 4 is 6.41 Å². The Balaban J connectivity index is 2.28. The number of ether oxygens (including phenoxy) is 1. The highest BCUT2D eigenvalue weighted by Gasteiger charge is 2.41. The smallest absolute Gasteiger partial charge is 0.212 e. The number of benzene rings is 1. The summed E-state index contributed by atoms with van der Waals surface area (Å²) in [7, 11) is 1.66. The molecule has 4 nitrogen and oxygen atoms in total. The molecule has 1 aliphatic rings. The number of piperidine rings is 1. The number of nitrogens with one attached hydrogen (secondary N) is 1. The van der Waals surface area contributed by atoms with Gasteiger partial charge in [0.2, 0.25) is 6.41 Å². The van der Waals surface area contributed by atoms with Gasteiger partial charge in [-0.2, -0.15) is 0 Å². The first-order valence-electron chi connectivity index (χ1n) is 7.88. The summed E-state index contributed by atoms with van der Waals surface area (Å²) in [6.07, 6.45) is 2.40. The fourth-order valence-corrected chi connectivity index (χ4v) is 3.86. The highest BCUT2D eigenvalue weighted by Crippen LogP contribution is 2.34. The van der Waals surface area contributed by atoms with Gasteiger partial charge in [0.1, 0.15) is 0 Å². The van der Waals surface area contributed by atoms with E-state index in [0.717, 1.165) is 24.8 Å². The lowest BCUT2D eigenvalue weighted by molar-refractivity contribution is -0.139. The summed E-state index contributed by atoms with van der Waals surface area (Å²) < 4.78 is 5.65. The van der Waals surface area contributed by atoms with Crippen LogP contribution in [-0.2, 0) is 9.53 Å². The average molecular weight is 304 g/mol. The quantitative estimate of drug-likeness (QED) is 0.671. The predicted octanol–water partition coefficient (Wildman–Crippen LogP) is 3.10. The molecule has 2 rings (SSSR count). The van der Waals surface area contributed by atoms with Crippen LogP contribution in [0.15, 0.2) is 30.3 Å². The zero-order valence-electron chi connectivity index (χ0n) is 14.3.